The van der Waals surface area contributed by atoms with Gasteiger partial charge < -0.3 is 10.2 Å². The van der Waals surface area contributed by atoms with Crippen molar-refractivity contribution in [1.29, 1.82) is 0 Å². The van der Waals surface area contributed by atoms with E-state index in [1.807, 2.05) is 0 Å². The van der Waals surface area contributed by atoms with Crippen molar-refractivity contribution in [1.82, 2.24) is 15.3 Å². The van der Waals surface area contributed by atoms with Gasteiger partial charge in [0.1, 0.15) is 12.1 Å². The molecule has 3 heterocycles. The number of fused-ring (bicyclic) bond motifs is 2. The molecule has 18 heavy (non-hydrogen) atoms. The first-order valence-electron chi connectivity index (χ1n) is 7.17. The van der Waals surface area contributed by atoms with Crippen LogP contribution in [0.15, 0.2) is 12.4 Å². The number of rotatable bonds is 3. The Balaban J connectivity index is 1.75. The Morgan fingerprint density at radius 1 is 1.28 bits per heavy atom. The monoisotopic (exact) mass is 246 g/mol. The highest BCUT2D eigenvalue weighted by Crippen LogP contribution is 2.23. The van der Waals surface area contributed by atoms with Crippen molar-refractivity contribution in [2.75, 3.05) is 18.0 Å². The third-order valence-electron chi connectivity index (χ3n) is 4.06. The number of nitrogens with one attached hydrogen (secondary N) is 1. The summed E-state index contributed by atoms with van der Waals surface area (Å²) in [5, 5.41) is 3.71. The van der Waals surface area contributed by atoms with Crippen LogP contribution in [0.25, 0.3) is 0 Å². The average Bonchev–Trinajstić information content (AvgIpc) is 2.70. The Morgan fingerprint density at radius 3 is 3.06 bits per heavy atom. The van der Waals surface area contributed by atoms with E-state index in [1.54, 1.807) is 6.33 Å². The molecule has 2 fully saturated rings. The highest BCUT2D eigenvalue weighted by atomic mass is 15.2. The molecule has 0 aliphatic carbocycles. The van der Waals surface area contributed by atoms with E-state index in [0.29, 0.717) is 6.04 Å². The van der Waals surface area contributed by atoms with Crippen molar-refractivity contribution >= 4 is 5.82 Å². The zero-order valence-corrected chi connectivity index (χ0v) is 11.1. The zero-order chi connectivity index (χ0) is 12.4. The summed E-state index contributed by atoms with van der Waals surface area (Å²) >= 11 is 0. The van der Waals surface area contributed by atoms with Crippen molar-refractivity contribution in [2.24, 2.45) is 0 Å². The van der Waals surface area contributed by atoms with Gasteiger partial charge in [0.05, 0.1) is 0 Å². The molecule has 0 aromatic carbocycles. The predicted molar refractivity (Wildman–Crippen MR) is 72.8 cm³/mol. The van der Waals surface area contributed by atoms with Crippen molar-refractivity contribution in [3.63, 3.8) is 0 Å². The van der Waals surface area contributed by atoms with Gasteiger partial charge in [-0.05, 0) is 25.7 Å². The molecule has 98 valence electrons. The second-order valence-corrected chi connectivity index (χ2v) is 5.49. The lowest BCUT2D eigenvalue weighted by Crippen LogP contribution is -2.35. The summed E-state index contributed by atoms with van der Waals surface area (Å²) in [4.78, 5) is 11.2. The van der Waals surface area contributed by atoms with Gasteiger partial charge in [-0.2, -0.15) is 0 Å². The molecule has 0 amide bonds. The number of hydrogen-bond acceptors (Lipinski definition) is 4. The molecule has 1 aromatic heterocycles. The zero-order valence-electron chi connectivity index (χ0n) is 11.1. The van der Waals surface area contributed by atoms with Crippen LogP contribution in [0.1, 0.15) is 38.3 Å². The maximum Gasteiger partial charge on any atom is 0.132 e. The van der Waals surface area contributed by atoms with E-state index >= 15 is 0 Å². The smallest absolute Gasteiger partial charge is 0.132 e. The van der Waals surface area contributed by atoms with E-state index in [9.17, 15) is 0 Å². The van der Waals surface area contributed by atoms with Crippen molar-refractivity contribution in [3.8, 4) is 0 Å². The maximum atomic E-state index is 4.46. The van der Waals surface area contributed by atoms with E-state index in [4.69, 9.17) is 0 Å². The molecule has 4 nitrogen and oxygen atoms in total. The molecule has 0 radical (unpaired) electrons. The van der Waals surface area contributed by atoms with Crippen molar-refractivity contribution in [2.45, 2.75) is 51.1 Å². The third kappa shape index (κ3) is 2.48. The normalized spacial score (nSPS) is 27.3. The summed E-state index contributed by atoms with van der Waals surface area (Å²) in [5.74, 6) is 1.11. The summed E-state index contributed by atoms with van der Waals surface area (Å²) in [6, 6.07) is 3.56. The van der Waals surface area contributed by atoms with Crippen LogP contribution in [0, 0.1) is 0 Å². The summed E-state index contributed by atoms with van der Waals surface area (Å²) in [7, 11) is 0. The molecule has 0 spiro atoms. The Bertz CT molecular complexity index is 407. The Kier molecular flexibility index (Phi) is 3.46. The van der Waals surface area contributed by atoms with Crippen LogP contribution in [-0.2, 0) is 6.42 Å². The number of anilines is 1. The minimum absolute atomic E-state index is 0.655. The van der Waals surface area contributed by atoms with Gasteiger partial charge in [-0.25, -0.2) is 9.97 Å². The van der Waals surface area contributed by atoms with Gasteiger partial charge in [0.2, 0.25) is 0 Å². The quantitative estimate of drug-likeness (QED) is 0.882. The van der Waals surface area contributed by atoms with Crippen LogP contribution in [0.4, 0.5) is 5.82 Å². The Morgan fingerprint density at radius 2 is 2.17 bits per heavy atom. The second kappa shape index (κ2) is 5.22. The van der Waals surface area contributed by atoms with E-state index in [1.165, 1.54) is 25.0 Å². The first-order chi connectivity index (χ1) is 8.85. The predicted octanol–water partition coefficient (Wildman–Crippen LogP) is 1.76. The van der Waals surface area contributed by atoms with Crippen LogP contribution in [0.2, 0.25) is 0 Å². The van der Waals surface area contributed by atoms with Gasteiger partial charge in [0, 0.05) is 36.9 Å². The number of nitrogens with zero attached hydrogens (tertiary/aromatic N) is 3. The molecule has 2 aliphatic heterocycles. The van der Waals surface area contributed by atoms with Gasteiger partial charge in [-0.15, -0.1) is 0 Å². The molecule has 4 heteroatoms. The fraction of sp³-hybridized carbons (Fsp3) is 0.714. The van der Waals surface area contributed by atoms with Gasteiger partial charge >= 0.3 is 0 Å². The highest BCUT2D eigenvalue weighted by molar-refractivity contribution is 5.39. The first-order valence-corrected chi connectivity index (χ1v) is 7.17. The molecular formula is C14H22N4. The van der Waals surface area contributed by atoms with Crippen LogP contribution >= 0.6 is 0 Å². The molecule has 0 saturated carbocycles. The summed E-state index contributed by atoms with van der Waals surface area (Å²) in [6.07, 6.45) is 7.81. The van der Waals surface area contributed by atoms with Gasteiger partial charge in [0.25, 0.3) is 0 Å². The third-order valence-corrected chi connectivity index (χ3v) is 4.06. The number of aryl methyl sites for hydroxylation is 1. The summed E-state index contributed by atoms with van der Waals surface area (Å²) in [5.41, 5.74) is 1.17. The van der Waals surface area contributed by atoms with Gasteiger partial charge in [-0.3, -0.25) is 0 Å². The van der Waals surface area contributed by atoms with Crippen LogP contribution < -0.4 is 10.2 Å². The topological polar surface area (TPSA) is 41.0 Å². The lowest BCUT2D eigenvalue weighted by atomic mass is 10.1. The Labute approximate surface area is 109 Å². The van der Waals surface area contributed by atoms with E-state index < -0.39 is 0 Å². The summed E-state index contributed by atoms with van der Waals surface area (Å²) in [6.45, 7) is 4.41. The highest BCUT2D eigenvalue weighted by Gasteiger charge is 2.29. The van der Waals surface area contributed by atoms with E-state index in [0.717, 1.165) is 37.8 Å². The molecule has 2 bridgehead atoms. The number of aromatic nitrogens is 2. The average molecular weight is 246 g/mol. The van der Waals surface area contributed by atoms with Gasteiger partial charge in [-0.1, -0.05) is 13.3 Å². The fourth-order valence-corrected chi connectivity index (χ4v) is 3.10. The standard InChI is InChI=1S/C14H22N4/c1-2-3-12-8-14(16-10-15-12)18-7-6-11-4-5-13(9-18)17-11/h8,10-11,13,17H,2-7,9H2,1H3. The minimum atomic E-state index is 0.655. The lowest BCUT2D eigenvalue weighted by molar-refractivity contribution is 0.563. The molecule has 3 rings (SSSR count). The SMILES string of the molecule is CCCc1cc(N2CCC3CCC(C2)N3)ncn1. The maximum absolute atomic E-state index is 4.46. The molecule has 2 saturated heterocycles. The lowest BCUT2D eigenvalue weighted by Gasteiger charge is -2.25. The van der Waals surface area contributed by atoms with Crippen molar-refractivity contribution < 1.29 is 0 Å². The minimum Gasteiger partial charge on any atom is -0.355 e. The number of hydrogen-bond donors (Lipinski definition) is 1. The van der Waals surface area contributed by atoms with Crippen molar-refractivity contribution in [3.05, 3.63) is 18.1 Å². The molecule has 2 unspecified atom stereocenters. The first kappa shape index (κ1) is 11.9. The molecule has 2 atom stereocenters. The fourth-order valence-electron chi connectivity index (χ4n) is 3.10. The molecule has 1 N–H and O–H groups in total. The Hall–Kier alpha value is -1.16. The van der Waals surface area contributed by atoms with Crippen LogP contribution in [0.3, 0.4) is 0 Å². The largest absolute Gasteiger partial charge is 0.355 e. The van der Waals surface area contributed by atoms with Gasteiger partial charge in [0.15, 0.2) is 0 Å². The van der Waals surface area contributed by atoms with Crippen LogP contribution in [-0.4, -0.2) is 35.1 Å². The van der Waals surface area contributed by atoms with Crippen LogP contribution in [0.5, 0.6) is 0 Å². The molecule has 1 aromatic rings. The second-order valence-electron chi connectivity index (χ2n) is 5.49. The molecule has 2 aliphatic rings. The van der Waals surface area contributed by atoms with E-state index in [-0.39, 0.29) is 0 Å². The van der Waals surface area contributed by atoms with E-state index in [2.05, 4.69) is 33.2 Å². The molecular weight excluding hydrogens is 224 g/mol. The summed E-state index contributed by atoms with van der Waals surface area (Å²) < 4.78 is 0.